The lowest BCUT2D eigenvalue weighted by atomic mass is 10.3. The second-order valence-electron chi connectivity index (χ2n) is 4.20. The molecule has 2 rings (SSSR count). The van der Waals surface area contributed by atoms with Gasteiger partial charge in [0.2, 0.25) is 5.91 Å². The average Bonchev–Trinajstić information content (AvgIpc) is 3.13. The zero-order valence-corrected chi connectivity index (χ0v) is 10.9. The molecule has 0 bridgehead atoms. The number of hydrogen-bond donors (Lipinski definition) is 3. The third kappa shape index (κ3) is 4.27. The van der Waals surface area contributed by atoms with Gasteiger partial charge in [0, 0.05) is 19.2 Å². The Kier molecular flexibility index (Phi) is 4.94. The van der Waals surface area contributed by atoms with Crippen molar-refractivity contribution in [2.45, 2.75) is 19.4 Å². The molecule has 2 aromatic rings. The van der Waals surface area contributed by atoms with Crippen molar-refractivity contribution in [2.75, 3.05) is 6.54 Å². The van der Waals surface area contributed by atoms with Crippen molar-refractivity contribution in [3.8, 4) is 0 Å². The normalized spacial score (nSPS) is 10.2. The number of rotatable bonds is 7. The molecule has 0 unspecified atom stereocenters. The Morgan fingerprint density at radius 1 is 1.30 bits per heavy atom. The summed E-state index contributed by atoms with van der Waals surface area (Å²) >= 11 is 0. The van der Waals surface area contributed by atoms with Gasteiger partial charge < -0.3 is 15.1 Å². The molecule has 0 atom stereocenters. The lowest BCUT2D eigenvalue weighted by Crippen LogP contribution is -2.27. The monoisotopic (exact) mass is 276 g/mol. The van der Waals surface area contributed by atoms with Gasteiger partial charge in [-0.15, -0.1) is 0 Å². The maximum atomic E-state index is 11.5. The molecule has 0 saturated heterocycles. The van der Waals surface area contributed by atoms with Gasteiger partial charge >= 0.3 is 0 Å². The molecule has 2 amide bonds. The smallest absolute Gasteiger partial charge is 0.286 e. The summed E-state index contributed by atoms with van der Waals surface area (Å²) < 4.78 is 4.95. The summed E-state index contributed by atoms with van der Waals surface area (Å²) in [6, 6.07) is 5.04. The molecule has 0 aromatic carbocycles. The molecule has 2 aromatic heterocycles. The predicted octanol–water partition coefficient (Wildman–Crippen LogP) is 0.829. The Morgan fingerprint density at radius 3 is 2.90 bits per heavy atom. The molecular formula is C13H16N4O3. The number of aromatic nitrogens is 2. The lowest BCUT2D eigenvalue weighted by Gasteiger charge is -2.04. The van der Waals surface area contributed by atoms with Gasteiger partial charge in [-0.2, -0.15) is 5.10 Å². The molecule has 7 nitrogen and oxygen atoms in total. The van der Waals surface area contributed by atoms with E-state index < -0.39 is 0 Å². The van der Waals surface area contributed by atoms with E-state index in [9.17, 15) is 9.59 Å². The second kappa shape index (κ2) is 7.13. The summed E-state index contributed by atoms with van der Waals surface area (Å²) in [6.07, 6.45) is 4.00. The lowest BCUT2D eigenvalue weighted by molar-refractivity contribution is -0.121. The fourth-order valence-corrected chi connectivity index (χ4v) is 1.61. The first-order chi connectivity index (χ1) is 9.75. The number of amides is 2. The van der Waals surface area contributed by atoms with E-state index in [0.29, 0.717) is 25.9 Å². The predicted molar refractivity (Wildman–Crippen MR) is 70.7 cm³/mol. The van der Waals surface area contributed by atoms with Crippen molar-refractivity contribution in [2.24, 2.45) is 0 Å². The topological polar surface area (TPSA) is 100 Å². The van der Waals surface area contributed by atoms with Crippen LogP contribution in [0.2, 0.25) is 0 Å². The molecule has 0 aliphatic heterocycles. The van der Waals surface area contributed by atoms with Crippen LogP contribution in [0.3, 0.4) is 0 Å². The minimum atomic E-state index is -0.270. The average molecular weight is 276 g/mol. The number of H-pyrrole nitrogens is 1. The molecule has 0 radical (unpaired) electrons. The van der Waals surface area contributed by atoms with Crippen LogP contribution in [0.25, 0.3) is 0 Å². The minimum Gasteiger partial charge on any atom is -0.459 e. The van der Waals surface area contributed by atoms with Crippen molar-refractivity contribution in [3.05, 3.63) is 42.1 Å². The fraction of sp³-hybridized carbons (Fsp3) is 0.308. The first-order valence-electron chi connectivity index (χ1n) is 6.32. The molecular weight excluding hydrogens is 260 g/mol. The number of carbonyl (C=O) groups is 2. The van der Waals surface area contributed by atoms with E-state index in [1.165, 1.54) is 6.26 Å². The van der Waals surface area contributed by atoms with Gasteiger partial charge in [0.15, 0.2) is 5.76 Å². The van der Waals surface area contributed by atoms with Gasteiger partial charge in [-0.1, -0.05) is 0 Å². The number of hydrogen-bond acceptors (Lipinski definition) is 4. The van der Waals surface area contributed by atoms with Crippen molar-refractivity contribution >= 4 is 11.8 Å². The van der Waals surface area contributed by atoms with E-state index in [1.54, 1.807) is 24.4 Å². The number of nitrogens with one attached hydrogen (secondary N) is 3. The molecule has 0 fully saturated rings. The zero-order chi connectivity index (χ0) is 14.2. The van der Waals surface area contributed by atoms with E-state index in [0.717, 1.165) is 5.69 Å². The van der Waals surface area contributed by atoms with Crippen molar-refractivity contribution in [1.29, 1.82) is 0 Å². The number of carbonyl (C=O) groups excluding carboxylic acids is 2. The Balaban J connectivity index is 1.56. The maximum Gasteiger partial charge on any atom is 0.286 e. The van der Waals surface area contributed by atoms with Gasteiger partial charge in [-0.05, 0) is 24.6 Å². The second-order valence-corrected chi connectivity index (χ2v) is 4.20. The Hall–Kier alpha value is -2.57. The van der Waals surface area contributed by atoms with Gasteiger partial charge in [0.1, 0.15) is 0 Å². The summed E-state index contributed by atoms with van der Waals surface area (Å²) in [5.74, 6) is -0.0617. The Labute approximate surface area is 115 Å². The van der Waals surface area contributed by atoms with Crippen LogP contribution in [-0.2, 0) is 11.3 Å². The van der Waals surface area contributed by atoms with Crippen LogP contribution in [0.5, 0.6) is 0 Å². The molecule has 0 saturated carbocycles. The zero-order valence-electron chi connectivity index (χ0n) is 10.9. The summed E-state index contributed by atoms with van der Waals surface area (Å²) in [4.78, 5) is 23.1. The molecule has 2 heterocycles. The summed E-state index contributed by atoms with van der Waals surface area (Å²) in [5.41, 5.74) is 0.851. The van der Waals surface area contributed by atoms with E-state index >= 15 is 0 Å². The number of nitrogens with zero attached hydrogens (tertiary/aromatic N) is 1. The molecule has 106 valence electrons. The standard InChI is InChI=1S/C13H16N4O3/c18-12(15-9-10-5-7-16-17-10)4-1-6-14-13(19)11-3-2-8-20-11/h2-3,5,7-8H,1,4,6,9H2,(H,14,19)(H,15,18)(H,16,17). The summed E-state index contributed by atoms with van der Waals surface area (Å²) in [7, 11) is 0. The molecule has 3 N–H and O–H groups in total. The maximum absolute atomic E-state index is 11.5. The van der Waals surface area contributed by atoms with Crippen LogP contribution >= 0.6 is 0 Å². The Bertz CT molecular complexity index is 534. The molecule has 0 aliphatic carbocycles. The van der Waals surface area contributed by atoms with Crippen molar-refractivity contribution in [3.63, 3.8) is 0 Å². The largest absolute Gasteiger partial charge is 0.459 e. The van der Waals surface area contributed by atoms with E-state index in [4.69, 9.17) is 4.42 Å². The highest BCUT2D eigenvalue weighted by Gasteiger charge is 2.07. The summed E-state index contributed by atoms with van der Waals surface area (Å²) in [6.45, 7) is 0.856. The van der Waals surface area contributed by atoms with Gasteiger partial charge in [-0.3, -0.25) is 14.7 Å². The highest BCUT2D eigenvalue weighted by atomic mass is 16.3. The van der Waals surface area contributed by atoms with Crippen LogP contribution in [0, 0.1) is 0 Å². The molecule has 0 spiro atoms. The van der Waals surface area contributed by atoms with Crippen LogP contribution in [0.1, 0.15) is 29.1 Å². The van der Waals surface area contributed by atoms with E-state index in [-0.39, 0.29) is 17.6 Å². The third-order valence-corrected chi connectivity index (χ3v) is 2.65. The van der Waals surface area contributed by atoms with Crippen LogP contribution in [-0.4, -0.2) is 28.6 Å². The van der Waals surface area contributed by atoms with Crippen LogP contribution in [0.4, 0.5) is 0 Å². The summed E-state index contributed by atoms with van der Waals surface area (Å²) in [5, 5.41) is 12.0. The fourth-order valence-electron chi connectivity index (χ4n) is 1.61. The van der Waals surface area contributed by atoms with Gasteiger partial charge in [0.25, 0.3) is 5.91 Å². The third-order valence-electron chi connectivity index (χ3n) is 2.65. The van der Waals surface area contributed by atoms with Crippen molar-refractivity contribution in [1.82, 2.24) is 20.8 Å². The van der Waals surface area contributed by atoms with Crippen molar-refractivity contribution < 1.29 is 14.0 Å². The molecule has 7 heteroatoms. The number of furan rings is 1. The van der Waals surface area contributed by atoms with Crippen LogP contribution < -0.4 is 10.6 Å². The first-order valence-corrected chi connectivity index (χ1v) is 6.32. The quantitative estimate of drug-likeness (QED) is 0.652. The minimum absolute atomic E-state index is 0.0631. The number of aromatic amines is 1. The van der Waals surface area contributed by atoms with Crippen LogP contribution in [0.15, 0.2) is 35.1 Å². The highest BCUT2D eigenvalue weighted by molar-refractivity contribution is 5.91. The molecule has 20 heavy (non-hydrogen) atoms. The first kappa shape index (κ1) is 13.9. The van der Waals surface area contributed by atoms with Gasteiger partial charge in [0.05, 0.1) is 18.5 Å². The van der Waals surface area contributed by atoms with E-state index in [2.05, 4.69) is 20.8 Å². The highest BCUT2D eigenvalue weighted by Crippen LogP contribution is 1.99. The molecule has 0 aliphatic rings. The Morgan fingerprint density at radius 2 is 2.20 bits per heavy atom. The SMILES string of the molecule is O=C(CCCNC(=O)c1ccco1)NCc1ccn[nH]1. The van der Waals surface area contributed by atoms with Gasteiger partial charge in [-0.25, -0.2) is 0 Å². The van der Waals surface area contributed by atoms with E-state index in [1.807, 2.05) is 0 Å².